The van der Waals surface area contributed by atoms with Crippen LogP contribution in [0.4, 0.5) is 0 Å². The number of hydrogen-bond acceptors (Lipinski definition) is 3. The molecule has 1 aliphatic rings. The molecule has 0 aromatic heterocycles. The molecule has 1 saturated carbocycles. The minimum atomic E-state index is -0.739. The Hall–Kier alpha value is -1.22. The highest BCUT2D eigenvalue weighted by Crippen LogP contribution is 2.45. The number of benzene rings is 1. The van der Waals surface area contributed by atoms with Gasteiger partial charge in [-0.3, -0.25) is 0 Å². The van der Waals surface area contributed by atoms with Crippen LogP contribution in [0.15, 0.2) is 18.2 Å². The van der Waals surface area contributed by atoms with E-state index in [9.17, 15) is 5.11 Å². The number of methoxy groups -OCH3 is 2. The topological polar surface area (TPSA) is 38.7 Å². The molecule has 0 amide bonds. The van der Waals surface area contributed by atoms with E-state index >= 15 is 0 Å². The summed E-state index contributed by atoms with van der Waals surface area (Å²) in [6, 6.07) is 5.62. The van der Waals surface area contributed by atoms with Gasteiger partial charge in [-0.15, -0.1) is 0 Å². The summed E-state index contributed by atoms with van der Waals surface area (Å²) in [5, 5.41) is 10.7. The van der Waals surface area contributed by atoms with Crippen molar-refractivity contribution in [1.82, 2.24) is 0 Å². The van der Waals surface area contributed by atoms with Crippen molar-refractivity contribution in [2.45, 2.75) is 31.8 Å². The Morgan fingerprint density at radius 1 is 1.29 bits per heavy atom. The summed E-state index contributed by atoms with van der Waals surface area (Å²) in [5.74, 6) is 2.02. The normalized spacial score (nSPS) is 28.1. The number of ether oxygens (including phenoxy) is 2. The summed E-state index contributed by atoms with van der Waals surface area (Å²) >= 11 is 0. The molecule has 0 saturated heterocycles. The van der Waals surface area contributed by atoms with Crippen molar-refractivity contribution in [3.63, 3.8) is 0 Å². The van der Waals surface area contributed by atoms with E-state index in [4.69, 9.17) is 9.47 Å². The van der Waals surface area contributed by atoms with E-state index in [-0.39, 0.29) is 0 Å². The standard InChI is InChI=1S/C14H20O3/c1-10-6-7-14(15,9-10)12-5-4-11(16-2)8-13(12)17-3/h4-5,8,10,15H,6-7,9H2,1-3H3. The predicted molar refractivity (Wildman–Crippen MR) is 66.5 cm³/mol. The van der Waals surface area contributed by atoms with Crippen molar-refractivity contribution in [3.8, 4) is 11.5 Å². The first-order valence-corrected chi connectivity index (χ1v) is 6.04. The van der Waals surface area contributed by atoms with Crippen LogP contribution in [-0.2, 0) is 5.60 Å². The quantitative estimate of drug-likeness (QED) is 0.877. The maximum Gasteiger partial charge on any atom is 0.128 e. The lowest BCUT2D eigenvalue weighted by Crippen LogP contribution is -2.22. The molecular formula is C14H20O3. The molecule has 3 nitrogen and oxygen atoms in total. The van der Waals surface area contributed by atoms with Crippen molar-refractivity contribution in [3.05, 3.63) is 23.8 Å². The monoisotopic (exact) mass is 236 g/mol. The Kier molecular flexibility index (Phi) is 3.29. The first-order chi connectivity index (χ1) is 8.09. The van der Waals surface area contributed by atoms with Gasteiger partial charge in [0.1, 0.15) is 11.5 Å². The molecule has 2 unspecified atom stereocenters. The molecule has 0 bridgehead atoms. The third kappa shape index (κ3) is 2.25. The van der Waals surface area contributed by atoms with Gasteiger partial charge in [0.2, 0.25) is 0 Å². The summed E-state index contributed by atoms with van der Waals surface area (Å²) in [7, 11) is 3.25. The van der Waals surface area contributed by atoms with Gasteiger partial charge in [0.25, 0.3) is 0 Å². The SMILES string of the molecule is COc1ccc(C2(O)CCC(C)C2)c(OC)c1. The van der Waals surface area contributed by atoms with Crippen LogP contribution in [0.2, 0.25) is 0 Å². The highest BCUT2D eigenvalue weighted by molar-refractivity contribution is 5.44. The highest BCUT2D eigenvalue weighted by atomic mass is 16.5. The fourth-order valence-electron chi connectivity index (χ4n) is 2.69. The van der Waals surface area contributed by atoms with Crippen LogP contribution in [0.5, 0.6) is 11.5 Å². The Morgan fingerprint density at radius 3 is 2.59 bits per heavy atom. The third-order valence-electron chi connectivity index (χ3n) is 3.65. The lowest BCUT2D eigenvalue weighted by Gasteiger charge is -2.25. The van der Waals surface area contributed by atoms with Crippen LogP contribution in [0, 0.1) is 5.92 Å². The van der Waals surface area contributed by atoms with Gasteiger partial charge in [-0.25, -0.2) is 0 Å². The van der Waals surface area contributed by atoms with Crippen LogP contribution >= 0.6 is 0 Å². The van der Waals surface area contributed by atoms with E-state index in [0.717, 1.165) is 30.6 Å². The van der Waals surface area contributed by atoms with Crippen LogP contribution in [-0.4, -0.2) is 19.3 Å². The van der Waals surface area contributed by atoms with Gasteiger partial charge < -0.3 is 14.6 Å². The molecule has 0 radical (unpaired) electrons. The van der Waals surface area contributed by atoms with Gasteiger partial charge in [0.15, 0.2) is 0 Å². The van der Waals surface area contributed by atoms with Crippen molar-refractivity contribution < 1.29 is 14.6 Å². The second kappa shape index (κ2) is 4.57. The summed E-state index contributed by atoms with van der Waals surface area (Å²) in [5.41, 5.74) is 0.141. The molecule has 94 valence electrons. The molecule has 0 spiro atoms. The zero-order valence-corrected chi connectivity index (χ0v) is 10.7. The summed E-state index contributed by atoms with van der Waals surface area (Å²) in [4.78, 5) is 0. The lowest BCUT2D eigenvalue weighted by atomic mass is 9.90. The third-order valence-corrected chi connectivity index (χ3v) is 3.65. The second-order valence-corrected chi connectivity index (χ2v) is 4.95. The number of rotatable bonds is 3. The molecule has 1 aromatic rings. The smallest absolute Gasteiger partial charge is 0.128 e. The van der Waals surface area contributed by atoms with E-state index in [2.05, 4.69) is 6.92 Å². The van der Waals surface area contributed by atoms with E-state index in [1.54, 1.807) is 14.2 Å². The minimum absolute atomic E-state index is 0.562. The Labute approximate surface area is 102 Å². The van der Waals surface area contributed by atoms with E-state index in [1.165, 1.54) is 0 Å². The van der Waals surface area contributed by atoms with Gasteiger partial charge in [-0.05, 0) is 37.3 Å². The summed E-state index contributed by atoms with van der Waals surface area (Å²) in [6.07, 6.45) is 2.66. The molecule has 1 aromatic carbocycles. The molecule has 1 N–H and O–H groups in total. The molecule has 2 atom stereocenters. The summed E-state index contributed by atoms with van der Waals surface area (Å²) in [6.45, 7) is 2.17. The largest absolute Gasteiger partial charge is 0.497 e. The van der Waals surface area contributed by atoms with Crippen molar-refractivity contribution in [2.24, 2.45) is 5.92 Å². The summed E-state index contributed by atoms with van der Waals surface area (Å²) < 4.78 is 10.5. The van der Waals surface area contributed by atoms with Crippen LogP contribution in [0.3, 0.4) is 0 Å². The maximum absolute atomic E-state index is 10.7. The van der Waals surface area contributed by atoms with E-state index < -0.39 is 5.60 Å². The van der Waals surface area contributed by atoms with Crippen molar-refractivity contribution in [2.75, 3.05) is 14.2 Å². The number of aliphatic hydroxyl groups is 1. The van der Waals surface area contributed by atoms with E-state index in [1.807, 2.05) is 18.2 Å². The molecular weight excluding hydrogens is 216 g/mol. The first-order valence-electron chi connectivity index (χ1n) is 6.04. The zero-order valence-electron chi connectivity index (χ0n) is 10.7. The average molecular weight is 236 g/mol. The first kappa shape index (κ1) is 12.2. The van der Waals surface area contributed by atoms with Gasteiger partial charge >= 0.3 is 0 Å². The Balaban J connectivity index is 2.38. The number of hydrogen-bond donors (Lipinski definition) is 1. The van der Waals surface area contributed by atoms with Crippen LogP contribution in [0.25, 0.3) is 0 Å². The molecule has 1 aliphatic carbocycles. The van der Waals surface area contributed by atoms with Crippen LogP contribution in [0.1, 0.15) is 31.7 Å². The van der Waals surface area contributed by atoms with E-state index in [0.29, 0.717) is 11.7 Å². The van der Waals surface area contributed by atoms with Gasteiger partial charge in [-0.1, -0.05) is 6.92 Å². The molecule has 0 heterocycles. The fourth-order valence-corrected chi connectivity index (χ4v) is 2.69. The second-order valence-electron chi connectivity index (χ2n) is 4.95. The van der Waals surface area contributed by atoms with Gasteiger partial charge in [0.05, 0.1) is 19.8 Å². The van der Waals surface area contributed by atoms with Gasteiger partial charge in [0, 0.05) is 11.6 Å². The lowest BCUT2D eigenvalue weighted by molar-refractivity contribution is 0.0383. The highest BCUT2D eigenvalue weighted by Gasteiger charge is 2.38. The molecule has 0 aliphatic heterocycles. The Morgan fingerprint density at radius 2 is 2.06 bits per heavy atom. The van der Waals surface area contributed by atoms with Crippen molar-refractivity contribution in [1.29, 1.82) is 0 Å². The zero-order chi connectivity index (χ0) is 12.5. The molecule has 2 rings (SSSR count). The minimum Gasteiger partial charge on any atom is -0.497 e. The fraction of sp³-hybridized carbons (Fsp3) is 0.571. The molecule has 3 heteroatoms. The Bertz CT molecular complexity index is 402. The van der Waals surface area contributed by atoms with Crippen LogP contribution < -0.4 is 9.47 Å². The molecule has 17 heavy (non-hydrogen) atoms. The van der Waals surface area contributed by atoms with Gasteiger partial charge in [-0.2, -0.15) is 0 Å². The average Bonchev–Trinajstić information content (AvgIpc) is 2.69. The van der Waals surface area contributed by atoms with Crippen molar-refractivity contribution >= 4 is 0 Å². The molecule has 1 fully saturated rings. The predicted octanol–water partition coefficient (Wildman–Crippen LogP) is 2.71. The maximum atomic E-state index is 10.7.